The van der Waals surface area contributed by atoms with E-state index in [4.69, 9.17) is 24.6 Å². The first-order valence-electron chi connectivity index (χ1n) is 11.1. The van der Waals surface area contributed by atoms with E-state index in [0.29, 0.717) is 48.7 Å². The average molecular weight is 489 g/mol. The highest BCUT2D eigenvalue weighted by atomic mass is 35.5. The van der Waals surface area contributed by atoms with Crippen molar-refractivity contribution in [3.63, 3.8) is 0 Å². The van der Waals surface area contributed by atoms with Crippen LogP contribution < -0.4 is 10.6 Å². The van der Waals surface area contributed by atoms with E-state index >= 15 is 0 Å². The molecule has 1 aromatic rings. The minimum absolute atomic E-state index is 0.122. The summed E-state index contributed by atoms with van der Waals surface area (Å²) in [5.41, 5.74) is -0.254. The number of aromatic hydroxyl groups is 1. The standard InChI is InChI=1S/C21H27Cl2N3O4S/c22-15-5-2-6-17(15)24-21(28)25-18-8-7-16(23)20(19(18)27)31(29,30)14-9-11-26(12-10-14)13-3-1-4-13/h5,7-8,13-14,17,27H,1-4,6,9-12H2,(H2,24,25,28)/t17-/m1/s1/i/hD. The molecular formula is C21H27Cl2N3O4S. The molecule has 4 rings (SSSR count). The molecule has 0 aromatic heterocycles. The number of hydrogen-bond acceptors (Lipinski definition) is 5. The number of rotatable bonds is 5. The molecule has 2 fully saturated rings. The molecule has 2 amide bonds. The molecule has 1 aromatic carbocycles. The molecule has 1 atom stereocenters. The van der Waals surface area contributed by atoms with Crippen LogP contribution >= 0.6 is 23.2 Å². The number of hydrogen-bond donors (Lipinski definition) is 3. The highest BCUT2D eigenvalue weighted by Gasteiger charge is 2.37. The smallest absolute Gasteiger partial charge is 0.319 e. The van der Waals surface area contributed by atoms with Gasteiger partial charge in [-0.05, 0) is 63.7 Å². The van der Waals surface area contributed by atoms with Crippen LogP contribution in [0.15, 0.2) is 28.1 Å². The van der Waals surface area contributed by atoms with Gasteiger partial charge in [0, 0.05) is 11.1 Å². The number of nitrogens with one attached hydrogen (secondary N) is 2. The maximum atomic E-state index is 13.4. The molecule has 1 heterocycles. The van der Waals surface area contributed by atoms with E-state index < -0.39 is 37.8 Å². The topological polar surface area (TPSA) is 98.7 Å². The van der Waals surface area contributed by atoms with Gasteiger partial charge in [-0.2, -0.15) is 0 Å². The number of phenolic OH excluding ortho intramolecular Hbond substituents is 1. The number of benzene rings is 1. The van der Waals surface area contributed by atoms with Gasteiger partial charge in [-0.1, -0.05) is 35.7 Å². The van der Waals surface area contributed by atoms with Crippen molar-refractivity contribution >= 4 is 44.8 Å². The normalized spacial score (nSPS) is 23.7. The molecule has 31 heavy (non-hydrogen) atoms. The van der Waals surface area contributed by atoms with Gasteiger partial charge in [0.15, 0.2) is 17.0 Å². The number of carbonyl (C=O) groups excluding carboxylic acids is 1. The zero-order chi connectivity index (χ0) is 23.0. The van der Waals surface area contributed by atoms with E-state index in [1.807, 2.05) is 0 Å². The second-order valence-electron chi connectivity index (χ2n) is 8.39. The quantitative estimate of drug-likeness (QED) is 0.538. The lowest BCUT2D eigenvalue weighted by Crippen LogP contribution is -2.47. The predicted molar refractivity (Wildman–Crippen MR) is 122 cm³/mol. The first kappa shape index (κ1) is 21.4. The van der Waals surface area contributed by atoms with Gasteiger partial charge in [-0.25, -0.2) is 13.2 Å². The Balaban J connectivity index is 1.53. The fourth-order valence-electron chi connectivity index (χ4n) is 4.47. The highest BCUT2D eigenvalue weighted by molar-refractivity contribution is 7.92. The molecule has 1 saturated carbocycles. The Kier molecular flexibility index (Phi) is 6.32. The summed E-state index contributed by atoms with van der Waals surface area (Å²) in [6, 6.07) is 1.88. The van der Waals surface area contributed by atoms with E-state index in [2.05, 4.69) is 10.2 Å². The van der Waals surface area contributed by atoms with Crippen LogP contribution in [-0.4, -0.2) is 54.9 Å². The fraction of sp³-hybridized carbons (Fsp3) is 0.571. The average Bonchev–Trinajstić information content (AvgIpc) is 3.11. The van der Waals surface area contributed by atoms with Gasteiger partial charge < -0.3 is 20.6 Å². The second kappa shape index (κ2) is 9.17. The lowest BCUT2D eigenvalue weighted by molar-refractivity contribution is 0.106. The van der Waals surface area contributed by atoms with Crippen LogP contribution in [0.3, 0.4) is 0 Å². The van der Waals surface area contributed by atoms with Gasteiger partial charge in [0.2, 0.25) is 0 Å². The minimum atomic E-state index is -3.95. The van der Waals surface area contributed by atoms with Crippen molar-refractivity contribution in [3.05, 3.63) is 28.3 Å². The van der Waals surface area contributed by atoms with Gasteiger partial charge >= 0.3 is 6.03 Å². The molecule has 0 bridgehead atoms. The van der Waals surface area contributed by atoms with Crippen LogP contribution in [0.1, 0.15) is 44.9 Å². The van der Waals surface area contributed by atoms with E-state index in [-0.39, 0.29) is 10.7 Å². The molecule has 1 aliphatic heterocycles. The predicted octanol–water partition coefficient (Wildman–Crippen LogP) is 4.24. The number of sulfone groups is 1. The largest absolute Gasteiger partial charge is 0.504 e. The Hall–Kier alpha value is -1.48. The number of carbonyl (C=O) groups is 1. The molecule has 2 aliphatic carbocycles. The highest BCUT2D eigenvalue weighted by Crippen LogP contribution is 2.41. The van der Waals surface area contributed by atoms with Crippen molar-refractivity contribution in [2.24, 2.45) is 0 Å². The molecule has 0 unspecified atom stereocenters. The number of urea groups is 1. The molecular weight excluding hydrogens is 461 g/mol. The monoisotopic (exact) mass is 488 g/mol. The summed E-state index contributed by atoms with van der Waals surface area (Å²) in [4.78, 5) is 14.4. The number of likely N-dealkylation sites (tertiary alicyclic amines) is 1. The molecule has 3 aliphatic rings. The van der Waals surface area contributed by atoms with E-state index in [1.54, 1.807) is 6.08 Å². The molecule has 0 radical (unpaired) electrons. The van der Waals surface area contributed by atoms with Gasteiger partial charge in [-0.3, -0.25) is 0 Å². The maximum Gasteiger partial charge on any atom is 0.319 e. The van der Waals surface area contributed by atoms with Gasteiger partial charge in [0.25, 0.3) is 0 Å². The maximum absolute atomic E-state index is 13.4. The van der Waals surface area contributed by atoms with Crippen LogP contribution in [0.25, 0.3) is 0 Å². The van der Waals surface area contributed by atoms with Crippen molar-refractivity contribution in [2.75, 3.05) is 18.4 Å². The summed E-state index contributed by atoms with van der Waals surface area (Å²) in [5.74, 6) is -0.683. The summed E-state index contributed by atoms with van der Waals surface area (Å²) in [7, 11) is -3.95. The number of phenols is 1. The van der Waals surface area contributed by atoms with Crippen molar-refractivity contribution in [1.29, 1.82) is 0 Å². The van der Waals surface area contributed by atoms with Crippen LogP contribution in [0.4, 0.5) is 10.5 Å². The third-order valence-electron chi connectivity index (χ3n) is 6.50. The lowest BCUT2D eigenvalue weighted by Gasteiger charge is -2.41. The lowest BCUT2D eigenvalue weighted by atomic mass is 9.90. The Morgan fingerprint density at radius 1 is 1.16 bits per heavy atom. The van der Waals surface area contributed by atoms with Gasteiger partial charge in [0.05, 0.1) is 22.0 Å². The third-order valence-corrected chi connectivity index (χ3v) is 9.68. The first-order chi connectivity index (χ1) is 15.2. The SMILES string of the molecule is [2H]N(C(=O)N[C@@H]1CCC=C1Cl)c1ccc(Cl)c(S(=O)(=O)C2CCN(C3CCC3)CC2)c1O. The van der Waals surface area contributed by atoms with Gasteiger partial charge in [-0.15, -0.1) is 0 Å². The van der Waals surface area contributed by atoms with E-state index in [0.717, 1.165) is 19.3 Å². The summed E-state index contributed by atoms with van der Waals surface area (Å²) in [6.45, 7) is 1.38. The van der Waals surface area contributed by atoms with E-state index in [9.17, 15) is 18.3 Å². The number of piperidine rings is 1. The summed E-state index contributed by atoms with van der Waals surface area (Å²) in [6.07, 6.45) is 7.58. The van der Waals surface area contributed by atoms with Crippen LogP contribution in [0, 0.1) is 0 Å². The molecule has 10 heteroatoms. The Labute approximate surface area is 194 Å². The fourth-order valence-corrected chi connectivity index (χ4v) is 7.09. The summed E-state index contributed by atoms with van der Waals surface area (Å²) in [5, 5.41) is 13.6. The number of allylic oxidation sites excluding steroid dienone is 1. The van der Waals surface area contributed by atoms with Crippen LogP contribution in [-0.2, 0) is 9.84 Å². The second-order valence-corrected chi connectivity index (χ2v) is 11.4. The van der Waals surface area contributed by atoms with Crippen molar-refractivity contribution in [1.82, 2.24) is 10.2 Å². The Morgan fingerprint density at radius 2 is 1.87 bits per heavy atom. The number of anilines is 1. The molecule has 170 valence electrons. The van der Waals surface area contributed by atoms with Crippen molar-refractivity contribution in [2.45, 2.75) is 67.2 Å². The third kappa shape index (κ3) is 4.67. The zero-order valence-electron chi connectivity index (χ0n) is 18.1. The molecule has 1 saturated heterocycles. The molecule has 3 N–H and O–H groups in total. The van der Waals surface area contributed by atoms with Crippen LogP contribution in [0.5, 0.6) is 5.75 Å². The molecule has 7 nitrogen and oxygen atoms in total. The molecule has 0 spiro atoms. The summed E-state index contributed by atoms with van der Waals surface area (Å²) >= 11 is 12.3. The summed E-state index contributed by atoms with van der Waals surface area (Å²) < 4.78 is 34.9. The number of halogens is 2. The van der Waals surface area contributed by atoms with Crippen molar-refractivity contribution in [3.8, 4) is 5.75 Å². The van der Waals surface area contributed by atoms with Crippen LogP contribution in [0.2, 0.25) is 6.43 Å². The number of amides is 2. The van der Waals surface area contributed by atoms with Crippen molar-refractivity contribution < 1.29 is 19.7 Å². The van der Waals surface area contributed by atoms with E-state index in [1.165, 1.54) is 18.6 Å². The van der Waals surface area contributed by atoms with Gasteiger partial charge in [0.1, 0.15) is 4.90 Å². The first-order valence-corrected chi connectivity index (χ1v) is 12.9. The number of nitrogens with zero attached hydrogens (tertiary/aromatic N) is 1. The zero-order valence-corrected chi connectivity index (χ0v) is 19.4. The Morgan fingerprint density at radius 3 is 2.45 bits per heavy atom. The minimum Gasteiger partial charge on any atom is -0.504 e. The Bertz CT molecular complexity index is 1020.